The number of fused-ring (bicyclic) bond motifs is 1. The van der Waals surface area contributed by atoms with E-state index in [9.17, 15) is 4.79 Å². The van der Waals surface area contributed by atoms with Crippen LogP contribution in [0, 0.1) is 0 Å². The van der Waals surface area contributed by atoms with Crippen molar-refractivity contribution in [3.05, 3.63) is 34.3 Å². The maximum absolute atomic E-state index is 10.7. The smallest absolute Gasteiger partial charge is 0.304 e. The molecule has 1 aliphatic rings. The van der Waals surface area contributed by atoms with Gasteiger partial charge in [0.25, 0.3) is 0 Å². The van der Waals surface area contributed by atoms with Gasteiger partial charge in [0.2, 0.25) is 0 Å². The van der Waals surface area contributed by atoms with Crippen molar-refractivity contribution >= 4 is 17.6 Å². The second kappa shape index (κ2) is 4.21. The van der Waals surface area contributed by atoms with E-state index < -0.39 is 5.97 Å². The van der Waals surface area contributed by atoms with Gasteiger partial charge < -0.3 is 10.4 Å². The summed E-state index contributed by atoms with van der Waals surface area (Å²) in [6, 6.07) is 5.68. The first-order valence-corrected chi connectivity index (χ1v) is 5.26. The number of halogens is 1. The number of rotatable bonds is 2. The van der Waals surface area contributed by atoms with Gasteiger partial charge in [0.05, 0.1) is 6.42 Å². The normalized spacial score (nSPS) is 19.7. The zero-order chi connectivity index (χ0) is 10.8. The molecule has 4 heteroatoms. The van der Waals surface area contributed by atoms with Gasteiger partial charge in [0.15, 0.2) is 0 Å². The number of nitrogens with one attached hydrogen (secondary N) is 1. The standard InChI is InChI=1S/C11H12ClNO2/c12-10-3-1-2-8-7(4-11(14)15)5-13-6-9(8)10/h1-3,7,13H,4-6H2,(H,14,15). The van der Waals surface area contributed by atoms with Gasteiger partial charge in [-0.15, -0.1) is 0 Å². The Hall–Kier alpha value is -1.06. The molecule has 0 saturated heterocycles. The molecule has 0 amide bonds. The summed E-state index contributed by atoms with van der Waals surface area (Å²) in [6.45, 7) is 1.44. The maximum Gasteiger partial charge on any atom is 0.304 e. The van der Waals surface area contributed by atoms with Crippen LogP contribution in [0.3, 0.4) is 0 Å². The average Bonchev–Trinajstić information content (AvgIpc) is 2.19. The molecule has 0 aliphatic carbocycles. The van der Waals surface area contributed by atoms with Crippen LogP contribution in [0.1, 0.15) is 23.5 Å². The van der Waals surface area contributed by atoms with Crippen molar-refractivity contribution in [3.8, 4) is 0 Å². The Balaban J connectivity index is 2.34. The van der Waals surface area contributed by atoms with Crippen molar-refractivity contribution < 1.29 is 9.90 Å². The zero-order valence-electron chi connectivity index (χ0n) is 8.16. The third-order valence-corrected chi connectivity index (χ3v) is 3.06. The molecule has 2 rings (SSSR count). The van der Waals surface area contributed by atoms with Gasteiger partial charge in [0.1, 0.15) is 0 Å². The molecule has 0 saturated carbocycles. The minimum Gasteiger partial charge on any atom is -0.481 e. The first kappa shape index (κ1) is 10.5. The van der Waals surface area contributed by atoms with E-state index in [1.165, 1.54) is 0 Å². The summed E-state index contributed by atoms with van der Waals surface area (Å²) in [4.78, 5) is 10.7. The lowest BCUT2D eigenvalue weighted by molar-refractivity contribution is -0.137. The molecule has 80 valence electrons. The predicted octanol–water partition coefficient (Wildman–Crippen LogP) is 2.00. The van der Waals surface area contributed by atoms with E-state index in [-0.39, 0.29) is 12.3 Å². The van der Waals surface area contributed by atoms with Crippen LogP contribution < -0.4 is 5.32 Å². The highest BCUT2D eigenvalue weighted by atomic mass is 35.5. The Labute approximate surface area is 93.1 Å². The molecule has 15 heavy (non-hydrogen) atoms. The van der Waals surface area contributed by atoms with E-state index in [2.05, 4.69) is 5.32 Å². The number of hydrogen-bond donors (Lipinski definition) is 2. The van der Waals surface area contributed by atoms with Gasteiger partial charge in [0, 0.05) is 24.0 Å². The Morgan fingerprint density at radius 2 is 2.40 bits per heavy atom. The zero-order valence-corrected chi connectivity index (χ0v) is 8.92. The molecule has 0 aromatic heterocycles. The molecule has 1 heterocycles. The lowest BCUT2D eigenvalue weighted by atomic mass is 9.88. The van der Waals surface area contributed by atoms with Gasteiger partial charge in [-0.2, -0.15) is 0 Å². The number of carboxylic acid groups (broad SMARTS) is 1. The van der Waals surface area contributed by atoms with Crippen LogP contribution in [0.4, 0.5) is 0 Å². The lowest BCUT2D eigenvalue weighted by Crippen LogP contribution is -2.29. The van der Waals surface area contributed by atoms with Crippen LogP contribution in [-0.4, -0.2) is 17.6 Å². The molecule has 0 radical (unpaired) electrons. The van der Waals surface area contributed by atoms with Crippen LogP contribution in [0.5, 0.6) is 0 Å². The largest absolute Gasteiger partial charge is 0.481 e. The fourth-order valence-corrected chi connectivity index (χ4v) is 2.27. The number of carboxylic acids is 1. The number of aliphatic carboxylic acids is 1. The van der Waals surface area contributed by atoms with Crippen LogP contribution in [0.25, 0.3) is 0 Å². The number of carbonyl (C=O) groups is 1. The molecule has 2 N–H and O–H groups in total. The summed E-state index contributed by atoms with van der Waals surface area (Å²) in [6.07, 6.45) is 0.153. The van der Waals surface area contributed by atoms with E-state index in [4.69, 9.17) is 16.7 Å². The second-order valence-electron chi connectivity index (χ2n) is 3.73. The van der Waals surface area contributed by atoms with E-state index in [0.717, 1.165) is 22.7 Å². The van der Waals surface area contributed by atoms with Gasteiger partial charge >= 0.3 is 5.97 Å². The van der Waals surface area contributed by atoms with E-state index in [0.29, 0.717) is 6.54 Å². The Kier molecular flexibility index (Phi) is 2.93. The second-order valence-corrected chi connectivity index (χ2v) is 4.14. The highest BCUT2D eigenvalue weighted by Crippen LogP contribution is 2.30. The molecule has 1 aromatic rings. The van der Waals surface area contributed by atoms with Crippen molar-refractivity contribution in [2.45, 2.75) is 18.9 Å². The summed E-state index contributed by atoms with van der Waals surface area (Å²) in [5.74, 6) is -0.737. The van der Waals surface area contributed by atoms with Gasteiger partial charge in [-0.25, -0.2) is 0 Å². The Bertz CT molecular complexity index is 392. The molecule has 0 bridgehead atoms. The Morgan fingerprint density at radius 1 is 1.60 bits per heavy atom. The van der Waals surface area contributed by atoms with Gasteiger partial charge in [-0.05, 0) is 17.2 Å². The molecule has 0 fully saturated rings. The fraction of sp³-hybridized carbons (Fsp3) is 0.364. The first-order chi connectivity index (χ1) is 7.18. The summed E-state index contributed by atoms with van der Waals surface area (Å²) in [5, 5.41) is 12.7. The lowest BCUT2D eigenvalue weighted by Gasteiger charge is -2.25. The highest BCUT2D eigenvalue weighted by Gasteiger charge is 2.23. The van der Waals surface area contributed by atoms with Crippen LogP contribution in [-0.2, 0) is 11.3 Å². The summed E-state index contributed by atoms with van der Waals surface area (Å²) in [5.41, 5.74) is 2.11. The predicted molar refractivity (Wildman–Crippen MR) is 58.2 cm³/mol. The molecule has 3 nitrogen and oxygen atoms in total. The fourth-order valence-electron chi connectivity index (χ4n) is 2.02. The minimum atomic E-state index is -0.769. The minimum absolute atomic E-state index is 0.0324. The molecule has 1 atom stereocenters. The molecule has 1 aromatic carbocycles. The van der Waals surface area contributed by atoms with E-state index in [1.807, 2.05) is 18.2 Å². The highest BCUT2D eigenvalue weighted by molar-refractivity contribution is 6.31. The van der Waals surface area contributed by atoms with Gasteiger partial charge in [-0.3, -0.25) is 4.79 Å². The van der Waals surface area contributed by atoms with E-state index in [1.54, 1.807) is 0 Å². The summed E-state index contributed by atoms with van der Waals surface area (Å²) < 4.78 is 0. The SMILES string of the molecule is O=C(O)CC1CNCc2c(Cl)cccc21. The van der Waals surface area contributed by atoms with E-state index >= 15 is 0 Å². The molecule has 0 spiro atoms. The topological polar surface area (TPSA) is 49.3 Å². The molecule has 1 aliphatic heterocycles. The quantitative estimate of drug-likeness (QED) is 0.810. The number of benzene rings is 1. The monoisotopic (exact) mass is 225 g/mol. The average molecular weight is 226 g/mol. The van der Waals surface area contributed by atoms with Crippen molar-refractivity contribution in [2.75, 3.05) is 6.54 Å². The van der Waals surface area contributed by atoms with Gasteiger partial charge in [-0.1, -0.05) is 23.7 Å². The molecule has 1 unspecified atom stereocenters. The number of hydrogen-bond acceptors (Lipinski definition) is 2. The third-order valence-electron chi connectivity index (χ3n) is 2.71. The third kappa shape index (κ3) is 2.13. The molecular weight excluding hydrogens is 214 g/mol. The Morgan fingerprint density at radius 3 is 3.13 bits per heavy atom. The van der Waals surface area contributed by atoms with Crippen molar-refractivity contribution in [1.82, 2.24) is 5.32 Å². The molecular formula is C11H12ClNO2. The van der Waals surface area contributed by atoms with Crippen LogP contribution in [0.2, 0.25) is 5.02 Å². The van der Waals surface area contributed by atoms with Crippen molar-refractivity contribution in [1.29, 1.82) is 0 Å². The summed E-state index contributed by atoms with van der Waals surface area (Å²) in [7, 11) is 0. The first-order valence-electron chi connectivity index (χ1n) is 4.88. The van der Waals surface area contributed by atoms with Crippen LogP contribution in [0.15, 0.2) is 18.2 Å². The van der Waals surface area contributed by atoms with Crippen molar-refractivity contribution in [3.63, 3.8) is 0 Å². The van der Waals surface area contributed by atoms with Crippen LogP contribution >= 0.6 is 11.6 Å². The maximum atomic E-state index is 10.7. The van der Waals surface area contributed by atoms with Crippen molar-refractivity contribution in [2.24, 2.45) is 0 Å². The summed E-state index contributed by atoms with van der Waals surface area (Å²) >= 11 is 6.06.